The molecule has 1 aromatic rings. The lowest BCUT2D eigenvalue weighted by Gasteiger charge is -2.21. The van der Waals surface area contributed by atoms with Crippen molar-refractivity contribution < 1.29 is 0 Å². The summed E-state index contributed by atoms with van der Waals surface area (Å²) in [6.07, 6.45) is 0. The van der Waals surface area contributed by atoms with Crippen molar-refractivity contribution in [1.29, 1.82) is 0 Å². The second-order valence-electron chi connectivity index (χ2n) is 4.86. The molecule has 0 fully saturated rings. The lowest BCUT2D eigenvalue weighted by molar-refractivity contribution is 0.613. The number of rotatable bonds is 4. The summed E-state index contributed by atoms with van der Waals surface area (Å²) in [6.45, 7) is 11.8. The first kappa shape index (κ1) is 13.6. The highest BCUT2D eigenvalue weighted by molar-refractivity contribution is 8.00. The first-order valence-corrected chi connectivity index (χ1v) is 6.78. The van der Waals surface area contributed by atoms with E-state index in [0.29, 0.717) is 11.2 Å². The molecule has 1 rings (SSSR count). The molecule has 0 aromatic heterocycles. The predicted octanol–water partition coefficient (Wildman–Crippen LogP) is 3.69. The number of hydrogen-bond donors (Lipinski definition) is 1. The summed E-state index contributed by atoms with van der Waals surface area (Å²) in [6, 6.07) is 4.51. The van der Waals surface area contributed by atoms with Crippen LogP contribution in [0.3, 0.4) is 0 Å². The maximum atomic E-state index is 5.83. The zero-order valence-corrected chi connectivity index (χ0v) is 11.8. The Kier molecular flexibility index (Phi) is 4.88. The third-order valence-corrected chi connectivity index (χ3v) is 4.77. The van der Waals surface area contributed by atoms with E-state index in [1.54, 1.807) is 0 Å². The molecule has 2 heteroatoms. The standard InChI is InChI=1S/C14H23NS/c1-9(2)13(8-15)16-14-11(4)6-10(3)7-12(14)5/h6-7,9,13H,8,15H2,1-5H3. The quantitative estimate of drug-likeness (QED) is 0.808. The largest absolute Gasteiger partial charge is 0.329 e. The van der Waals surface area contributed by atoms with E-state index in [9.17, 15) is 0 Å². The van der Waals surface area contributed by atoms with E-state index < -0.39 is 0 Å². The molecule has 0 amide bonds. The van der Waals surface area contributed by atoms with E-state index >= 15 is 0 Å². The maximum absolute atomic E-state index is 5.83. The van der Waals surface area contributed by atoms with E-state index in [0.717, 1.165) is 6.54 Å². The van der Waals surface area contributed by atoms with Gasteiger partial charge in [-0.1, -0.05) is 31.5 Å². The molecule has 1 nitrogen and oxygen atoms in total. The molecular formula is C14H23NS. The molecule has 0 bridgehead atoms. The van der Waals surface area contributed by atoms with E-state index in [1.807, 2.05) is 11.8 Å². The van der Waals surface area contributed by atoms with Gasteiger partial charge in [-0.25, -0.2) is 0 Å². The Morgan fingerprint density at radius 3 is 2.00 bits per heavy atom. The molecule has 0 spiro atoms. The molecular weight excluding hydrogens is 214 g/mol. The maximum Gasteiger partial charge on any atom is 0.0240 e. The minimum Gasteiger partial charge on any atom is -0.329 e. The summed E-state index contributed by atoms with van der Waals surface area (Å²) in [5.41, 5.74) is 9.92. The van der Waals surface area contributed by atoms with Crippen molar-refractivity contribution in [3.63, 3.8) is 0 Å². The van der Waals surface area contributed by atoms with Crippen LogP contribution in [0, 0.1) is 26.7 Å². The minimum atomic E-state index is 0.514. The van der Waals surface area contributed by atoms with Crippen LogP contribution in [-0.4, -0.2) is 11.8 Å². The molecule has 0 aliphatic heterocycles. The highest BCUT2D eigenvalue weighted by Crippen LogP contribution is 2.33. The van der Waals surface area contributed by atoms with Crippen LogP contribution in [-0.2, 0) is 0 Å². The van der Waals surface area contributed by atoms with Gasteiger partial charge in [0.25, 0.3) is 0 Å². The van der Waals surface area contributed by atoms with Crippen molar-refractivity contribution in [3.05, 3.63) is 28.8 Å². The third-order valence-electron chi connectivity index (χ3n) is 2.85. The summed E-state index contributed by atoms with van der Waals surface area (Å²) in [4.78, 5) is 1.41. The van der Waals surface area contributed by atoms with Crippen molar-refractivity contribution >= 4 is 11.8 Å². The normalized spacial score (nSPS) is 13.2. The molecule has 2 N–H and O–H groups in total. The molecule has 0 aliphatic carbocycles. The molecule has 0 heterocycles. The third kappa shape index (κ3) is 3.26. The van der Waals surface area contributed by atoms with Gasteiger partial charge in [-0.05, 0) is 37.8 Å². The van der Waals surface area contributed by atoms with Crippen LogP contribution >= 0.6 is 11.8 Å². The zero-order valence-electron chi connectivity index (χ0n) is 11.0. The van der Waals surface area contributed by atoms with E-state index in [-0.39, 0.29) is 0 Å². The van der Waals surface area contributed by atoms with Crippen molar-refractivity contribution in [3.8, 4) is 0 Å². The second-order valence-corrected chi connectivity index (χ2v) is 6.11. The molecule has 0 radical (unpaired) electrons. The molecule has 0 saturated heterocycles. The van der Waals surface area contributed by atoms with Crippen molar-refractivity contribution in [2.24, 2.45) is 11.7 Å². The van der Waals surface area contributed by atoms with Gasteiger partial charge in [0.1, 0.15) is 0 Å². The zero-order chi connectivity index (χ0) is 12.3. The Morgan fingerprint density at radius 2 is 1.62 bits per heavy atom. The molecule has 1 unspecified atom stereocenters. The Hall–Kier alpha value is -0.470. The summed E-state index contributed by atoms with van der Waals surface area (Å²) in [7, 11) is 0. The van der Waals surface area contributed by atoms with Crippen LogP contribution in [0.25, 0.3) is 0 Å². The Morgan fingerprint density at radius 1 is 1.12 bits per heavy atom. The fraction of sp³-hybridized carbons (Fsp3) is 0.571. The average Bonchev–Trinajstić information content (AvgIpc) is 2.15. The van der Waals surface area contributed by atoms with E-state index in [2.05, 4.69) is 46.8 Å². The monoisotopic (exact) mass is 237 g/mol. The van der Waals surface area contributed by atoms with Crippen LogP contribution in [0.1, 0.15) is 30.5 Å². The van der Waals surface area contributed by atoms with Crippen molar-refractivity contribution in [2.45, 2.75) is 44.8 Å². The number of aryl methyl sites for hydroxylation is 3. The number of thioether (sulfide) groups is 1. The smallest absolute Gasteiger partial charge is 0.0240 e. The highest BCUT2D eigenvalue weighted by atomic mass is 32.2. The van der Waals surface area contributed by atoms with Gasteiger partial charge >= 0.3 is 0 Å². The Balaban J connectivity index is 2.96. The summed E-state index contributed by atoms with van der Waals surface area (Å²) in [5.74, 6) is 0.620. The fourth-order valence-corrected chi connectivity index (χ4v) is 3.12. The molecule has 0 aliphatic rings. The first-order chi connectivity index (χ1) is 7.45. The second kappa shape index (κ2) is 5.74. The van der Waals surface area contributed by atoms with Crippen LogP contribution in [0.2, 0.25) is 0 Å². The molecule has 16 heavy (non-hydrogen) atoms. The summed E-state index contributed by atoms with van der Waals surface area (Å²) >= 11 is 1.93. The van der Waals surface area contributed by atoms with Crippen LogP contribution < -0.4 is 5.73 Å². The first-order valence-electron chi connectivity index (χ1n) is 5.90. The molecule has 0 saturated carbocycles. The average molecular weight is 237 g/mol. The van der Waals surface area contributed by atoms with Crippen LogP contribution in [0.4, 0.5) is 0 Å². The summed E-state index contributed by atoms with van der Waals surface area (Å²) in [5, 5.41) is 0.514. The van der Waals surface area contributed by atoms with Gasteiger partial charge in [-0.3, -0.25) is 0 Å². The fourth-order valence-electron chi connectivity index (χ4n) is 1.96. The van der Waals surface area contributed by atoms with Gasteiger partial charge in [-0.2, -0.15) is 0 Å². The Labute approximate surface area is 104 Å². The van der Waals surface area contributed by atoms with E-state index in [4.69, 9.17) is 5.73 Å². The number of benzene rings is 1. The molecule has 90 valence electrons. The SMILES string of the molecule is Cc1cc(C)c(SC(CN)C(C)C)c(C)c1. The number of hydrogen-bond acceptors (Lipinski definition) is 2. The van der Waals surface area contributed by atoms with Gasteiger partial charge in [0.15, 0.2) is 0 Å². The van der Waals surface area contributed by atoms with Crippen molar-refractivity contribution in [1.82, 2.24) is 0 Å². The van der Waals surface area contributed by atoms with Gasteiger partial charge in [-0.15, -0.1) is 11.8 Å². The topological polar surface area (TPSA) is 26.0 Å². The summed E-state index contributed by atoms with van der Waals surface area (Å²) < 4.78 is 0. The molecule has 1 aromatic carbocycles. The molecule has 1 atom stereocenters. The van der Waals surface area contributed by atoms with Crippen LogP contribution in [0.5, 0.6) is 0 Å². The number of nitrogens with two attached hydrogens (primary N) is 1. The van der Waals surface area contributed by atoms with Gasteiger partial charge in [0.05, 0.1) is 0 Å². The lowest BCUT2D eigenvalue weighted by atomic mass is 10.1. The Bertz CT molecular complexity index is 335. The van der Waals surface area contributed by atoms with Gasteiger partial charge in [0, 0.05) is 16.7 Å². The highest BCUT2D eigenvalue weighted by Gasteiger charge is 2.15. The van der Waals surface area contributed by atoms with Gasteiger partial charge in [0.2, 0.25) is 0 Å². The predicted molar refractivity (Wildman–Crippen MR) is 74.2 cm³/mol. The van der Waals surface area contributed by atoms with Gasteiger partial charge < -0.3 is 5.73 Å². The van der Waals surface area contributed by atoms with E-state index in [1.165, 1.54) is 21.6 Å². The van der Waals surface area contributed by atoms with Crippen molar-refractivity contribution in [2.75, 3.05) is 6.54 Å². The minimum absolute atomic E-state index is 0.514. The van der Waals surface area contributed by atoms with Crippen LogP contribution in [0.15, 0.2) is 17.0 Å². The lowest BCUT2D eigenvalue weighted by Crippen LogP contribution is -2.22.